The molecule has 0 bridgehead atoms. The summed E-state index contributed by atoms with van der Waals surface area (Å²) in [7, 11) is -3.38. The average molecular weight is 537 g/mol. The summed E-state index contributed by atoms with van der Waals surface area (Å²) in [6, 6.07) is 13.9. The Morgan fingerprint density at radius 2 is 1.72 bits per heavy atom. The summed E-state index contributed by atoms with van der Waals surface area (Å²) >= 11 is 6.10. The van der Waals surface area contributed by atoms with E-state index in [4.69, 9.17) is 11.6 Å². The predicted octanol–water partition coefficient (Wildman–Crippen LogP) is 4.78. The highest BCUT2D eigenvalue weighted by atomic mass is 35.5. The lowest BCUT2D eigenvalue weighted by atomic mass is 10.0. The minimum absolute atomic E-state index is 0.0104. The monoisotopic (exact) mass is 536 g/mol. The van der Waals surface area contributed by atoms with Gasteiger partial charge in [-0.25, -0.2) is 8.42 Å². The third-order valence-corrected chi connectivity index (χ3v) is 7.20. The number of hydrogen-bond acceptors (Lipinski definition) is 4. The zero-order valence-electron chi connectivity index (χ0n) is 18.8. The number of nitrogens with one attached hydrogen (secondary N) is 1. The van der Waals surface area contributed by atoms with Crippen LogP contribution < -0.4 is 5.32 Å². The molecule has 4 rings (SSSR count). The number of sulfone groups is 1. The van der Waals surface area contributed by atoms with Gasteiger partial charge in [0.25, 0.3) is 5.91 Å². The lowest BCUT2D eigenvalue weighted by Crippen LogP contribution is -2.38. The molecule has 3 aromatic rings. The van der Waals surface area contributed by atoms with Crippen LogP contribution >= 0.6 is 11.6 Å². The first-order valence-corrected chi connectivity index (χ1v) is 13.0. The number of carbonyl (C=O) groups excluding carboxylic acids is 2. The fourth-order valence-electron chi connectivity index (χ4n) is 4.10. The molecule has 188 valence electrons. The van der Waals surface area contributed by atoms with E-state index < -0.39 is 46.0 Å². The number of hydrogen-bond donors (Lipinski definition) is 1. The molecule has 11 heteroatoms. The van der Waals surface area contributed by atoms with Crippen LogP contribution in [0.5, 0.6) is 0 Å². The van der Waals surface area contributed by atoms with Crippen LogP contribution in [0.15, 0.2) is 71.6 Å². The highest BCUT2D eigenvalue weighted by Crippen LogP contribution is 2.39. The van der Waals surface area contributed by atoms with E-state index in [2.05, 4.69) is 5.32 Å². The Labute approximate surface area is 210 Å². The fraction of sp³-hybridized carbons (Fsp3) is 0.200. The standard InChI is InChI=1S/C25H20ClF3N2O4S/c1-36(34,35)18-9-6-15(7-10-18)13-30-23(32)22-20-12-17(26)8-11-19(20)24(33)31(22)14-16-4-2-3-5-21(16)25(27,28)29/h2-12,22H,13-14H2,1H3,(H,30,32). The number of halogens is 4. The minimum Gasteiger partial charge on any atom is -0.350 e. The Bertz CT molecular complexity index is 1440. The first-order chi connectivity index (χ1) is 16.9. The van der Waals surface area contributed by atoms with Gasteiger partial charge in [-0.15, -0.1) is 0 Å². The second kappa shape index (κ2) is 9.59. The van der Waals surface area contributed by atoms with E-state index in [-0.39, 0.29) is 27.6 Å². The number of benzene rings is 3. The summed E-state index contributed by atoms with van der Waals surface area (Å²) < 4.78 is 64.0. The molecule has 3 aromatic carbocycles. The molecule has 0 spiro atoms. The van der Waals surface area contributed by atoms with Gasteiger partial charge in [-0.05, 0) is 53.1 Å². The summed E-state index contributed by atoms with van der Waals surface area (Å²) in [6.07, 6.45) is -3.56. The van der Waals surface area contributed by atoms with Gasteiger partial charge in [0.15, 0.2) is 9.84 Å². The molecular weight excluding hydrogens is 517 g/mol. The van der Waals surface area contributed by atoms with Crippen molar-refractivity contribution in [3.05, 3.63) is 99.6 Å². The summed E-state index contributed by atoms with van der Waals surface area (Å²) in [5, 5.41) is 2.96. The summed E-state index contributed by atoms with van der Waals surface area (Å²) in [6.45, 7) is -0.432. The molecule has 0 radical (unpaired) electrons. The van der Waals surface area contributed by atoms with Gasteiger partial charge in [0.2, 0.25) is 5.91 Å². The van der Waals surface area contributed by atoms with Crippen LogP contribution in [0.3, 0.4) is 0 Å². The van der Waals surface area contributed by atoms with Gasteiger partial charge >= 0.3 is 6.18 Å². The van der Waals surface area contributed by atoms with Crippen LogP contribution in [0.1, 0.15) is 38.7 Å². The van der Waals surface area contributed by atoms with Gasteiger partial charge in [-0.1, -0.05) is 41.9 Å². The fourth-order valence-corrected chi connectivity index (χ4v) is 4.91. The van der Waals surface area contributed by atoms with Gasteiger partial charge in [0.05, 0.1) is 10.5 Å². The van der Waals surface area contributed by atoms with Gasteiger partial charge in [0.1, 0.15) is 6.04 Å². The van der Waals surface area contributed by atoms with Crippen LogP contribution in [0.4, 0.5) is 13.2 Å². The van der Waals surface area contributed by atoms with Crippen LogP contribution in [0.25, 0.3) is 0 Å². The molecule has 0 saturated carbocycles. The maximum absolute atomic E-state index is 13.6. The van der Waals surface area contributed by atoms with E-state index in [1.54, 1.807) is 12.1 Å². The molecule has 0 aliphatic carbocycles. The number of nitrogens with zero attached hydrogens (tertiary/aromatic N) is 1. The molecule has 0 saturated heterocycles. The first kappa shape index (κ1) is 25.7. The third kappa shape index (κ3) is 5.24. The number of rotatable bonds is 6. The van der Waals surface area contributed by atoms with E-state index in [0.29, 0.717) is 11.1 Å². The van der Waals surface area contributed by atoms with Crippen LogP contribution in [0, 0.1) is 0 Å². The molecular formula is C25H20ClF3N2O4S. The third-order valence-electron chi connectivity index (χ3n) is 5.84. The Hall–Kier alpha value is -3.37. The molecule has 1 atom stereocenters. The summed E-state index contributed by atoms with van der Waals surface area (Å²) in [4.78, 5) is 27.7. The molecule has 1 heterocycles. The second-order valence-corrected chi connectivity index (χ2v) is 10.8. The Morgan fingerprint density at radius 1 is 1.06 bits per heavy atom. The molecule has 1 unspecified atom stereocenters. The number of amides is 2. The Kier molecular flexibility index (Phi) is 6.85. The van der Waals surface area contributed by atoms with E-state index in [1.165, 1.54) is 48.5 Å². The SMILES string of the molecule is CS(=O)(=O)c1ccc(CNC(=O)C2c3cc(Cl)ccc3C(=O)N2Cc2ccccc2C(F)(F)F)cc1. The molecule has 1 aliphatic heterocycles. The number of fused-ring (bicyclic) bond motifs is 1. The minimum atomic E-state index is -4.63. The smallest absolute Gasteiger partial charge is 0.350 e. The van der Waals surface area contributed by atoms with Gasteiger partial charge in [0, 0.05) is 29.9 Å². The van der Waals surface area contributed by atoms with Crippen molar-refractivity contribution in [1.29, 1.82) is 0 Å². The molecule has 36 heavy (non-hydrogen) atoms. The Morgan fingerprint density at radius 3 is 2.36 bits per heavy atom. The van der Waals surface area contributed by atoms with Crippen LogP contribution in [-0.4, -0.2) is 31.4 Å². The maximum atomic E-state index is 13.6. The van der Waals surface area contributed by atoms with Crippen molar-refractivity contribution in [3.8, 4) is 0 Å². The summed E-state index contributed by atoms with van der Waals surface area (Å²) in [5.74, 6) is -1.20. The quantitative estimate of drug-likeness (QED) is 0.492. The molecule has 0 fully saturated rings. The van der Waals surface area contributed by atoms with Crippen LogP contribution in [0.2, 0.25) is 5.02 Å². The number of carbonyl (C=O) groups is 2. The maximum Gasteiger partial charge on any atom is 0.416 e. The molecule has 1 N–H and O–H groups in total. The normalized spacial score (nSPS) is 15.6. The largest absolute Gasteiger partial charge is 0.416 e. The van der Waals surface area contributed by atoms with Crippen molar-refractivity contribution in [3.63, 3.8) is 0 Å². The lowest BCUT2D eigenvalue weighted by molar-refractivity contribution is -0.138. The zero-order valence-corrected chi connectivity index (χ0v) is 20.4. The van der Waals surface area contributed by atoms with Crippen molar-refractivity contribution in [2.24, 2.45) is 0 Å². The molecule has 0 aromatic heterocycles. The van der Waals surface area contributed by atoms with Gasteiger partial charge in [-0.3, -0.25) is 9.59 Å². The van der Waals surface area contributed by atoms with Gasteiger partial charge in [-0.2, -0.15) is 13.2 Å². The zero-order chi connectivity index (χ0) is 26.3. The van der Waals surface area contributed by atoms with E-state index in [0.717, 1.165) is 17.2 Å². The Balaban J connectivity index is 1.63. The van der Waals surface area contributed by atoms with Crippen molar-refractivity contribution in [2.75, 3.05) is 6.26 Å². The second-order valence-electron chi connectivity index (χ2n) is 8.36. The summed E-state index contributed by atoms with van der Waals surface area (Å²) in [5.41, 5.74) is 0.0344. The van der Waals surface area contributed by atoms with Crippen molar-refractivity contribution >= 4 is 33.3 Å². The van der Waals surface area contributed by atoms with Crippen molar-refractivity contribution < 1.29 is 31.2 Å². The highest BCUT2D eigenvalue weighted by Gasteiger charge is 2.42. The van der Waals surface area contributed by atoms with E-state index in [1.807, 2.05) is 0 Å². The average Bonchev–Trinajstić information content (AvgIpc) is 3.07. The van der Waals surface area contributed by atoms with E-state index >= 15 is 0 Å². The molecule has 2 amide bonds. The highest BCUT2D eigenvalue weighted by molar-refractivity contribution is 7.90. The van der Waals surface area contributed by atoms with Crippen molar-refractivity contribution in [1.82, 2.24) is 10.2 Å². The predicted molar refractivity (Wildman–Crippen MR) is 127 cm³/mol. The molecule has 6 nitrogen and oxygen atoms in total. The first-order valence-electron chi connectivity index (χ1n) is 10.7. The van der Waals surface area contributed by atoms with Crippen molar-refractivity contribution in [2.45, 2.75) is 30.2 Å². The van der Waals surface area contributed by atoms with E-state index in [9.17, 15) is 31.2 Å². The van der Waals surface area contributed by atoms with Gasteiger partial charge < -0.3 is 10.2 Å². The topological polar surface area (TPSA) is 83.5 Å². The molecule has 1 aliphatic rings. The van der Waals surface area contributed by atoms with Crippen LogP contribution in [-0.2, 0) is 33.9 Å². The number of alkyl halides is 3. The lowest BCUT2D eigenvalue weighted by Gasteiger charge is -2.26.